The van der Waals surface area contributed by atoms with Crippen molar-refractivity contribution in [2.75, 3.05) is 0 Å². The summed E-state index contributed by atoms with van der Waals surface area (Å²) in [6.45, 7) is 0. The number of hydrogen-bond acceptors (Lipinski definition) is 4. The zero-order valence-electron chi connectivity index (χ0n) is 11.4. The van der Waals surface area contributed by atoms with Gasteiger partial charge in [-0.1, -0.05) is 11.6 Å². The van der Waals surface area contributed by atoms with Crippen molar-refractivity contribution in [1.29, 1.82) is 0 Å². The van der Waals surface area contributed by atoms with Gasteiger partial charge in [0.05, 0.1) is 11.0 Å². The fourth-order valence-electron chi connectivity index (χ4n) is 2.78. The van der Waals surface area contributed by atoms with Crippen LogP contribution < -0.4 is 0 Å². The molecule has 5 heteroatoms. The molecule has 1 aliphatic carbocycles. The zero-order chi connectivity index (χ0) is 14.2. The summed E-state index contributed by atoms with van der Waals surface area (Å²) in [4.78, 5) is 17.8. The van der Waals surface area contributed by atoms with Crippen LogP contribution >= 0.6 is 11.6 Å². The van der Waals surface area contributed by atoms with Gasteiger partial charge in [0.2, 0.25) is 0 Å². The highest BCUT2D eigenvalue weighted by atomic mass is 35.5. The minimum atomic E-state index is 0.592. The molecule has 2 aromatic heterocycles. The maximum atomic E-state index is 6.34. The molecule has 2 heterocycles. The molecule has 0 saturated heterocycles. The van der Waals surface area contributed by atoms with Crippen LogP contribution in [0.25, 0.3) is 22.4 Å². The molecular weight excluding hydrogens is 284 g/mol. The quantitative estimate of drug-likeness (QED) is 0.644. The molecule has 0 aliphatic heterocycles. The van der Waals surface area contributed by atoms with Crippen LogP contribution in [0, 0.1) is 0 Å². The van der Waals surface area contributed by atoms with Crippen molar-refractivity contribution in [3.8, 4) is 11.4 Å². The van der Waals surface area contributed by atoms with Gasteiger partial charge in [-0.25, -0.2) is 9.97 Å². The Balaban J connectivity index is 1.86. The first-order valence-corrected chi connectivity index (χ1v) is 7.45. The largest absolute Gasteiger partial charge is 0.253 e. The molecule has 0 radical (unpaired) electrons. The number of hydrogen-bond donors (Lipinski definition) is 0. The second kappa shape index (κ2) is 5.04. The van der Waals surface area contributed by atoms with Crippen LogP contribution in [0.15, 0.2) is 30.6 Å². The summed E-state index contributed by atoms with van der Waals surface area (Å²) in [5.41, 5.74) is 4.85. The molecule has 1 aromatic carbocycles. The Morgan fingerprint density at radius 2 is 1.71 bits per heavy atom. The first-order chi connectivity index (χ1) is 10.3. The molecule has 0 N–H and O–H groups in total. The Morgan fingerprint density at radius 1 is 0.905 bits per heavy atom. The molecule has 1 aliphatic rings. The molecule has 4 nitrogen and oxygen atoms in total. The molecule has 0 fully saturated rings. The van der Waals surface area contributed by atoms with Crippen LogP contribution in [0.4, 0.5) is 0 Å². The number of aromatic nitrogens is 4. The molecule has 0 bridgehead atoms. The van der Waals surface area contributed by atoms with Gasteiger partial charge in [-0.3, -0.25) is 9.97 Å². The van der Waals surface area contributed by atoms with Crippen LogP contribution in [0.1, 0.15) is 24.1 Å². The molecule has 0 unspecified atom stereocenters. The molecule has 0 saturated carbocycles. The van der Waals surface area contributed by atoms with E-state index in [0.717, 1.165) is 40.7 Å². The highest BCUT2D eigenvalue weighted by Crippen LogP contribution is 2.28. The van der Waals surface area contributed by atoms with Crippen molar-refractivity contribution < 1.29 is 0 Å². The van der Waals surface area contributed by atoms with Crippen LogP contribution in [0.5, 0.6) is 0 Å². The molecule has 0 spiro atoms. The second-order valence-electron chi connectivity index (χ2n) is 5.23. The lowest BCUT2D eigenvalue weighted by molar-refractivity contribution is 0.663. The predicted molar refractivity (Wildman–Crippen MR) is 82.2 cm³/mol. The van der Waals surface area contributed by atoms with Gasteiger partial charge in [0.15, 0.2) is 5.82 Å². The van der Waals surface area contributed by atoms with E-state index in [1.54, 1.807) is 12.4 Å². The van der Waals surface area contributed by atoms with E-state index in [4.69, 9.17) is 16.6 Å². The molecule has 4 rings (SSSR count). The molecule has 21 heavy (non-hydrogen) atoms. The Morgan fingerprint density at radius 3 is 2.62 bits per heavy atom. The highest BCUT2D eigenvalue weighted by Gasteiger charge is 2.17. The second-order valence-corrected chi connectivity index (χ2v) is 5.59. The van der Waals surface area contributed by atoms with Gasteiger partial charge in [0.1, 0.15) is 5.15 Å². The van der Waals surface area contributed by atoms with Crippen molar-refractivity contribution >= 4 is 22.6 Å². The predicted octanol–water partition coefficient (Wildman–Crippen LogP) is 3.62. The molecule has 0 amide bonds. The Bertz CT molecular complexity index is 832. The Hall–Kier alpha value is -2.07. The van der Waals surface area contributed by atoms with Gasteiger partial charge in [0.25, 0.3) is 0 Å². The monoisotopic (exact) mass is 296 g/mol. The van der Waals surface area contributed by atoms with E-state index in [9.17, 15) is 0 Å². The average molecular weight is 297 g/mol. The summed E-state index contributed by atoms with van der Waals surface area (Å²) >= 11 is 6.34. The number of nitrogens with zero attached hydrogens (tertiary/aromatic N) is 4. The van der Waals surface area contributed by atoms with Crippen LogP contribution in [0.3, 0.4) is 0 Å². The van der Waals surface area contributed by atoms with Crippen molar-refractivity contribution in [3.05, 3.63) is 47.0 Å². The smallest absolute Gasteiger partial charge is 0.161 e. The lowest BCUT2D eigenvalue weighted by Gasteiger charge is -2.16. The SMILES string of the molecule is Clc1nc(-c2ccc3nccnc3c2)nc2c1CCCC2. The molecule has 104 valence electrons. The maximum absolute atomic E-state index is 6.34. The van der Waals surface area contributed by atoms with E-state index >= 15 is 0 Å². The van der Waals surface area contributed by atoms with Gasteiger partial charge < -0.3 is 0 Å². The number of rotatable bonds is 1. The van der Waals surface area contributed by atoms with Gasteiger partial charge in [-0.15, -0.1) is 0 Å². The summed E-state index contributed by atoms with van der Waals surface area (Å²) in [7, 11) is 0. The van der Waals surface area contributed by atoms with E-state index in [1.165, 1.54) is 12.8 Å². The first-order valence-electron chi connectivity index (χ1n) is 7.08. The summed E-state index contributed by atoms with van der Waals surface area (Å²) < 4.78 is 0. The van der Waals surface area contributed by atoms with Crippen molar-refractivity contribution in [2.45, 2.75) is 25.7 Å². The minimum absolute atomic E-state index is 0.592. The normalized spacial score (nSPS) is 14.1. The van der Waals surface area contributed by atoms with Gasteiger partial charge >= 0.3 is 0 Å². The minimum Gasteiger partial charge on any atom is -0.253 e. The summed E-state index contributed by atoms with van der Waals surface area (Å²) in [5, 5.41) is 0.592. The van der Waals surface area contributed by atoms with Crippen molar-refractivity contribution in [2.24, 2.45) is 0 Å². The van der Waals surface area contributed by atoms with Crippen molar-refractivity contribution in [1.82, 2.24) is 19.9 Å². The number of aryl methyl sites for hydroxylation is 1. The van der Waals surface area contributed by atoms with E-state index in [-0.39, 0.29) is 0 Å². The van der Waals surface area contributed by atoms with Crippen LogP contribution in [-0.4, -0.2) is 19.9 Å². The van der Waals surface area contributed by atoms with Crippen LogP contribution in [0.2, 0.25) is 5.15 Å². The fourth-order valence-corrected chi connectivity index (χ4v) is 3.06. The maximum Gasteiger partial charge on any atom is 0.161 e. The summed E-state index contributed by atoms with van der Waals surface area (Å²) in [6, 6.07) is 5.87. The van der Waals surface area contributed by atoms with Gasteiger partial charge in [0, 0.05) is 29.2 Å². The third-order valence-corrected chi connectivity index (χ3v) is 4.17. The number of benzene rings is 1. The van der Waals surface area contributed by atoms with Gasteiger partial charge in [-0.2, -0.15) is 0 Å². The van der Waals surface area contributed by atoms with E-state index < -0.39 is 0 Å². The fraction of sp³-hybridized carbons (Fsp3) is 0.250. The summed E-state index contributed by atoms with van der Waals surface area (Å²) in [5.74, 6) is 0.674. The molecular formula is C16H13ClN4. The first kappa shape index (κ1) is 12.7. The summed E-state index contributed by atoms with van der Waals surface area (Å²) in [6.07, 6.45) is 7.68. The lowest BCUT2D eigenvalue weighted by atomic mass is 9.97. The number of halogens is 1. The standard InChI is InChI=1S/C16H13ClN4/c17-15-11-3-1-2-4-12(11)20-16(21-15)10-5-6-13-14(9-10)19-8-7-18-13/h5-9H,1-4H2. The Labute approximate surface area is 127 Å². The van der Waals surface area contributed by atoms with E-state index in [0.29, 0.717) is 11.0 Å². The molecule has 0 atom stereocenters. The Kier molecular flexibility index (Phi) is 3.04. The topological polar surface area (TPSA) is 51.6 Å². The third-order valence-electron chi connectivity index (χ3n) is 3.86. The zero-order valence-corrected chi connectivity index (χ0v) is 12.1. The van der Waals surface area contributed by atoms with Crippen molar-refractivity contribution in [3.63, 3.8) is 0 Å². The lowest BCUT2D eigenvalue weighted by Crippen LogP contribution is -2.08. The highest BCUT2D eigenvalue weighted by molar-refractivity contribution is 6.30. The van der Waals surface area contributed by atoms with Gasteiger partial charge in [-0.05, 0) is 43.9 Å². The average Bonchev–Trinajstić information content (AvgIpc) is 2.54. The van der Waals surface area contributed by atoms with Crippen LogP contribution in [-0.2, 0) is 12.8 Å². The van der Waals surface area contributed by atoms with E-state index in [2.05, 4.69) is 15.0 Å². The third kappa shape index (κ3) is 2.25. The van der Waals surface area contributed by atoms with E-state index in [1.807, 2.05) is 18.2 Å². The number of fused-ring (bicyclic) bond motifs is 2. The molecule has 3 aromatic rings.